The van der Waals surface area contributed by atoms with E-state index >= 15 is 0 Å². The zero-order chi connectivity index (χ0) is 13.8. The zero-order valence-electron chi connectivity index (χ0n) is 12.3. The van der Waals surface area contributed by atoms with Gasteiger partial charge < -0.3 is 0 Å². The van der Waals surface area contributed by atoms with Crippen molar-refractivity contribution in [1.82, 2.24) is 0 Å². The van der Waals surface area contributed by atoms with Crippen LogP contribution in [0.1, 0.15) is 37.5 Å². The van der Waals surface area contributed by atoms with E-state index in [2.05, 4.69) is 68.5 Å². The van der Waals surface area contributed by atoms with E-state index in [4.69, 9.17) is 0 Å². The van der Waals surface area contributed by atoms with Gasteiger partial charge in [0.05, 0.1) is 0 Å². The molecule has 1 aliphatic rings. The van der Waals surface area contributed by atoms with E-state index < -0.39 is 0 Å². The van der Waals surface area contributed by atoms with Crippen molar-refractivity contribution in [2.45, 2.75) is 27.7 Å². The number of fused-ring (bicyclic) bond motifs is 2. The molecule has 0 saturated heterocycles. The third kappa shape index (κ3) is 2.96. The molecule has 0 N–H and O–H groups in total. The summed E-state index contributed by atoms with van der Waals surface area (Å²) < 4.78 is 0. The molecule has 0 nitrogen and oxygen atoms in total. The van der Waals surface area contributed by atoms with Crippen molar-refractivity contribution in [3.63, 3.8) is 0 Å². The van der Waals surface area contributed by atoms with E-state index in [9.17, 15) is 0 Å². The summed E-state index contributed by atoms with van der Waals surface area (Å²) >= 11 is 0. The molecule has 0 amide bonds. The molecule has 19 heavy (non-hydrogen) atoms. The Morgan fingerprint density at radius 1 is 0.789 bits per heavy atom. The normalized spacial score (nSPS) is 16.5. The third-order valence-corrected chi connectivity index (χ3v) is 3.36. The highest BCUT2D eigenvalue weighted by molar-refractivity contribution is 5.89. The fourth-order valence-electron chi connectivity index (χ4n) is 2.32. The quantitative estimate of drug-likeness (QED) is 0.550. The Kier molecular flexibility index (Phi) is 4.21. The third-order valence-electron chi connectivity index (χ3n) is 3.36. The number of hydrogen-bond acceptors (Lipinski definition) is 0. The van der Waals surface area contributed by atoms with Crippen molar-refractivity contribution >= 4 is 22.9 Å². The van der Waals surface area contributed by atoms with Crippen LogP contribution in [-0.4, -0.2) is 0 Å². The van der Waals surface area contributed by atoms with Crippen molar-refractivity contribution in [2.75, 3.05) is 0 Å². The molecule has 98 valence electrons. The van der Waals surface area contributed by atoms with Crippen LogP contribution in [0.15, 0.2) is 42.5 Å². The Balaban J connectivity index is 0.000000637. The monoisotopic (exact) mass is 250 g/mol. The van der Waals surface area contributed by atoms with Crippen LogP contribution < -0.4 is 0 Å². The molecule has 0 heteroatoms. The maximum Gasteiger partial charge on any atom is -0.00752 e. The van der Waals surface area contributed by atoms with E-state index in [-0.39, 0.29) is 0 Å². The van der Waals surface area contributed by atoms with Crippen LogP contribution in [-0.2, 0) is 0 Å². The zero-order valence-corrected chi connectivity index (χ0v) is 12.3. The minimum Gasteiger partial charge on any atom is -0.0773 e. The lowest BCUT2D eigenvalue weighted by Crippen LogP contribution is -1.83. The molecule has 1 atom stereocenters. The number of allylic oxidation sites excluding steroid dienone is 2. The largest absolute Gasteiger partial charge is 0.0773 e. The SMILES string of the molecule is CC.Cc1ccc2cc3c(cc2c1)C=CC(C)C=C3. The predicted molar refractivity (Wildman–Crippen MR) is 87.3 cm³/mol. The lowest BCUT2D eigenvalue weighted by Gasteiger charge is -2.05. The molecular weight excluding hydrogens is 228 g/mol. The lowest BCUT2D eigenvalue weighted by molar-refractivity contribution is 0.954. The van der Waals surface area contributed by atoms with Gasteiger partial charge in [-0.25, -0.2) is 0 Å². The molecule has 0 heterocycles. The Morgan fingerprint density at radius 2 is 1.37 bits per heavy atom. The van der Waals surface area contributed by atoms with E-state index in [0.717, 1.165) is 0 Å². The first-order chi connectivity index (χ1) is 9.22. The first-order valence-electron chi connectivity index (χ1n) is 7.13. The highest BCUT2D eigenvalue weighted by Gasteiger charge is 2.04. The Bertz CT molecular complexity index is 630. The standard InChI is InChI=1S/C17H16.C2H6/c1-12-3-6-14-10-16-8-5-13(2)9-17(16)11-15(14)7-4-12;1-2/h3-12H,1-2H3;1-2H3. The molecule has 0 saturated carbocycles. The van der Waals surface area contributed by atoms with Crippen LogP contribution in [0.3, 0.4) is 0 Å². The molecular formula is C19H22. The summed E-state index contributed by atoms with van der Waals surface area (Å²) in [5, 5.41) is 2.65. The Morgan fingerprint density at radius 3 is 2.00 bits per heavy atom. The van der Waals surface area contributed by atoms with Gasteiger partial charge in [0, 0.05) is 0 Å². The van der Waals surface area contributed by atoms with Crippen LogP contribution >= 0.6 is 0 Å². The summed E-state index contributed by atoms with van der Waals surface area (Å²) in [4.78, 5) is 0. The van der Waals surface area contributed by atoms with Crippen LogP contribution in [0.25, 0.3) is 22.9 Å². The molecule has 3 rings (SSSR count). The second kappa shape index (κ2) is 5.88. The second-order valence-corrected chi connectivity index (χ2v) is 4.91. The van der Waals surface area contributed by atoms with Crippen molar-refractivity contribution in [3.8, 4) is 0 Å². The molecule has 2 aromatic rings. The topological polar surface area (TPSA) is 0 Å². The van der Waals surface area contributed by atoms with Crippen LogP contribution in [0.4, 0.5) is 0 Å². The maximum absolute atomic E-state index is 2.29. The molecule has 1 aliphatic carbocycles. The minimum atomic E-state index is 0.521. The highest BCUT2D eigenvalue weighted by atomic mass is 14.1. The number of benzene rings is 2. The summed E-state index contributed by atoms with van der Waals surface area (Å²) in [6.45, 7) is 8.35. The van der Waals surface area contributed by atoms with Crippen molar-refractivity contribution < 1.29 is 0 Å². The minimum absolute atomic E-state index is 0.521. The first-order valence-corrected chi connectivity index (χ1v) is 7.13. The van der Waals surface area contributed by atoms with E-state index in [0.29, 0.717) is 5.92 Å². The fraction of sp³-hybridized carbons (Fsp3) is 0.263. The van der Waals surface area contributed by atoms with Crippen molar-refractivity contribution in [1.29, 1.82) is 0 Å². The van der Waals surface area contributed by atoms with Crippen LogP contribution in [0.2, 0.25) is 0 Å². The summed E-state index contributed by atoms with van der Waals surface area (Å²) in [5.41, 5.74) is 3.96. The number of aryl methyl sites for hydroxylation is 1. The molecule has 0 radical (unpaired) electrons. The van der Waals surface area contributed by atoms with E-state index in [1.807, 2.05) is 13.8 Å². The average Bonchev–Trinajstić information content (AvgIpc) is 2.61. The van der Waals surface area contributed by atoms with Gasteiger partial charge in [0.15, 0.2) is 0 Å². The Labute approximate surface area is 116 Å². The van der Waals surface area contributed by atoms with Gasteiger partial charge in [-0.3, -0.25) is 0 Å². The summed E-state index contributed by atoms with van der Waals surface area (Å²) in [5.74, 6) is 0.521. The first kappa shape index (κ1) is 13.6. The second-order valence-electron chi connectivity index (χ2n) is 4.91. The molecule has 0 aliphatic heterocycles. The fourth-order valence-corrected chi connectivity index (χ4v) is 2.32. The highest BCUT2D eigenvalue weighted by Crippen LogP contribution is 2.26. The maximum atomic E-state index is 2.29. The number of hydrogen-bond donors (Lipinski definition) is 0. The molecule has 0 spiro atoms. The van der Waals surface area contributed by atoms with Gasteiger partial charge in [-0.2, -0.15) is 0 Å². The van der Waals surface area contributed by atoms with Gasteiger partial charge in [0.2, 0.25) is 0 Å². The molecule has 0 aromatic heterocycles. The molecule has 0 bridgehead atoms. The van der Waals surface area contributed by atoms with Gasteiger partial charge in [0.25, 0.3) is 0 Å². The molecule has 2 aromatic carbocycles. The van der Waals surface area contributed by atoms with E-state index in [1.165, 1.54) is 27.5 Å². The summed E-state index contributed by atoms with van der Waals surface area (Å²) in [6, 6.07) is 11.2. The molecule has 0 fully saturated rings. The lowest BCUT2D eigenvalue weighted by atomic mass is 9.99. The Hall–Kier alpha value is -1.82. The molecule has 1 unspecified atom stereocenters. The van der Waals surface area contributed by atoms with E-state index in [1.54, 1.807) is 0 Å². The van der Waals surface area contributed by atoms with Gasteiger partial charge in [-0.05, 0) is 46.9 Å². The number of rotatable bonds is 0. The van der Waals surface area contributed by atoms with Gasteiger partial charge in [0.1, 0.15) is 0 Å². The van der Waals surface area contributed by atoms with Crippen LogP contribution in [0, 0.1) is 12.8 Å². The summed E-state index contributed by atoms with van der Waals surface area (Å²) in [7, 11) is 0. The average molecular weight is 250 g/mol. The van der Waals surface area contributed by atoms with Gasteiger partial charge in [-0.1, -0.05) is 68.8 Å². The van der Waals surface area contributed by atoms with Crippen molar-refractivity contribution in [3.05, 3.63) is 59.2 Å². The summed E-state index contributed by atoms with van der Waals surface area (Å²) in [6.07, 6.45) is 8.98. The smallest absolute Gasteiger partial charge is 0.00752 e. The van der Waals surface area contributed by atoms with Gasteiger partial charge in [-0.15, -0.1) is 0 Å². The van der Waals surface area contributed by atoms with Gasteiger partial charge >= 0.3 is 0 Å². The van der Waals surface area contributed by atoms with Crippen LogP contribution in [0.5, 0.6) is 0 Å². The van der Waals surface area contributed by atoms with Crippen molar-refractivity contribution in [2.24, 2.45) is 5.92 Å². The predicted octanol–water partition coefficient (Wildman–Crippen LogP) is 5.85.